The molecule has 0 bridgehead atoms. The zero-order valence-corrected chi connectivity index (χ0v) is 48.5. The fraction of sp³-hybridized carbons (Fsp3) is 0.796. The summed E-state index contributed by atoms with van der Waals surface area (Å²) in [4.78, 5) is 152. The first-order valence-corrected chi connectivity index (χ1v) is 28.0. The van der Waals surface area contributed by atoms with Crippen LogP contribution in [-0.4, -0.2) is 165 Å². The normalized spacial score (nSPS) is 24.0. The molecule has 12 atom stereocenters. The molecule has 0 saturated carbocycles. The maximum atomic E-state index is 14.7. The van der Waals surface area contributed by atoms with E-state index in [1.807, 2.05) is 0 Å². The Labute approximate surface area is 465 Å². The number of aliphatic carboxylic acids is 1. The Balaban J connectivity index is 3.99. The summed E-state index contributed by atoms with van der Waals surface area (Å²) < 4.78 is 5.82. The predicted molar refractivity (Wildman–Crippen MR) is 291 cm³/mol. The number of carboxylic acids is 1. The molecule has 1 aliphatic heterocycles. The Morgan fingerprint density at radius 1 is 0.582 bits per heavy atom. The van der Waals surface area contributed by atoms with Gasteiger partial charge in [0.25, 0.3) is 0 Å². The number of carbonyl (C=O) groups is 11. The molecule has 1 saturated heterocycles. The molecule has 79 heavy (non-hydrogen) atoms. The third-order valence-corrected chi connectivity index (χ3v) is 13.4. The monoisotopic (exact) mass is 1130 g/mol. The Hall–Kier alpha value is -5.95. The van der Waals surface area contributed by atoms with Gasteiger partial charge in [0, 0.05) is 6.42 Å². The van der Waals surface area contributed by atoms with Gasteiger partial charge < -0.3 is 73.0 Å². The molecule has 1 heterocycles. The lowest BCUT2D eigenvalue weighted by atomic mass is 9.98. The van der Waals surface area contributed by atoms with Crippen LogP contribution < -0.4 is 47.9 Å². The highest BCUT2D eigenvalue weighted by Crippen LogP contribution is 2.17. The topological polar surface area (TPSA) is 386 Å². The minimum atomic E-state index is -1.95. The van der Waals surface area contributed by atoms with Gasteiger partial charge in [0.15, 0.2) is 0 Å². The number of aliphatic hydroxyl groups excluding tert-OH is 3. The summed E-state index contributed by atoms with van der Waals surface area (Å²) in [6.07, 6.45) is 1.05. The second-order valence-electron chi connectivity index (χ2n) is 22.4. The van der Waals surface area contributed by atoms with E-state index in [2.05, 4.69) is 54.8 Å². The van der Waals surface area contributed by atoms with Crippen molar-refractivity contribution in [3.63, 3.8) is 0 Å². The van der Waals surface area contributed by atoms with E-state index >= 15 is 0 Å². The highest BCUT2D eigenvalue weighted by Gasteiger charge is 2.40. The smallest absolute Gasteiger partial charge is 0.329 e. The third-order valence-electron chi connectivity index (χ3n) is 13.4. The molecule has 13 N–H and O–H groups in total. The fourth-order valence-electron chi connectivity index (χ4n) is 8.61. The van der Waals surface area contributed by atoms with Gasteiger partial charge >= 0.3 is 11.9 Å². The lowest BCUT2D eigenvalue weighted by Gasteiger charge is -2.32. The Morgan fingerprint density at radius 2 is 1.08 bits per heavy atom. The lowest BCUT2D eigenvalue weighted by Crippen LogP contribution is -2.64. The summed E-state index contributed by atoms with van der Waals surface area (Å²) >= 11 is 0. The molecule has 0 radical (unpaired) electrons. The molecular formula is C54H95N9O16. The maximum Gasteiger partial charge on any atom is 0.329 e. The summed E-state index contributed by atoms with van der Waals surface area (Å²) in [5, 5.41) is 63.5. The summed E-state index contributed by atoms with van der Waals surface area (Å²) in [5.41, 5.74) is 0. The van der Waals surface area contributed by atoms with Crippen LogP contribution in [0.3, 0.4) is 0 Å². The van der Waals surface area contributed by atoms with Crippen molar-refractivity contribution in [3.8, 4) is 0 Å². The molecule has 25 heteroatoms. The van der Waals surface area contributed by atoms with Gasteiger partial charge in [-0.1, -0.05) is 115 Å². The molecule has 0 spiro atoms. The van der Waals surface area contributed by atoms with E-state index in [4.69, 9.17) is 4.74 Å². The Bertz CT molecular complexity index is 2020. The first kappa shape index (κ1) is 71.1. The molecule has 0 aromatic carbocycles. The summed E-state index contributed by atoms with van der Waals surface area (Å²) in [7, 11) is 0. The van der Waals surface area contributed by atoms with Gasteiger partial charge in [0.2, 0.25) is 53.2 Å². The summed E-state index contributed by atoms with van der Waals surface area (Å²) in [6.45, 7) is 18.2. The highest BCUT2D eigenvalue weighted by molar-refractivity contribution is 5.99. The van der Waals surface area contributed by atoms with E-state index in [1.54, 1.807) is 69.2 Å². The number of cyclic esters (lactones) is 1. The number of ether oxygens (including phenoxy) is 1. The minimum Gasteiger partial charge on any atom is -0.481 e. The van der Waals surface area contributed by atoms with Crippen molar-refractivity contribution in [1.82, 2.24) is 47.9 Å². The van der Waals surface area contributed by atoms with Gasteiger partial charge in [-0.3, -0.25) is 47.9 Å². The van der Waals surface area contributed by atoms with E-state index < -0.39 is 170 Å². The Morgan fingerprint density at radius 3 is 1.56 bits per heavy atom. The van der Waals surface area contributed by atoms with Crippen LogP contribution in [0.25, 0.3) is 0 Å². The molecule has 9 amide bonds. The Kier molecular flexibility index (Phi) is 32.7. The van der Waals surface area contributed by atoms with Crippen LogP contribution in [0.2, 0.25) is 0 Å². The molecular weight excluding hydrogens is 1030 g/mol. The van der Waals surface area contributed by atoms with Crippen LogP contribution in [0.4, 0.5) is 0 Å². The van der Waals surface area contributed by atoms with E-state index in [9.17, 15) is 73.2 Å². The maximum absolute atomic E-state index is 14.7. The standard InChI is InChI=1S/C54H95N9O16/c1-13-15-16-17-18-19-34(66)25-41(67)55-36(22-28(3)4)47(71)56-35(20-21-42(68)69)46(70)63-45-33(12)79-54(78)44(32(11)14-2)62-51(75)40(27-65)60-48(72)37(23-29(5)6)57-50(74)39(26-64)59-49(73)38(24-30(7)8)58-52(76)43(31(9)10)61-53(45)77/h28-40,43-45,64-66H,13-27H2,1-12H3,(H,55,67)(H,56,71)(H,57,74)(H,58,76)(H,59,73)(H,60,72)(H,61,77)(H,62,75)(H,63,70)(H,68,69)/t32-,33+,34+,35-,36+,37+,38-,39-,40-,43-,44+,45-/m1/s1. The van der Waals surface area contributed by atoms with Crippen molar-refractivity contribution in [1.29, 1.82) is 0 Å². The first-order chi connectivity index (χ1) is 37.0. The lowest BCUT2D eigenvalue weighted by molar-refractivity contribution is -0.158. The summed E-state index contributed by atoms with van der Waals surface area (Å²) in [6, 6.07) is -14.1. The van der Waals surface area contributed by atoms with E-state index in [0.29, 0.717) is 12.8 Å². The molecule has 0 aliphatic carbocycles. The molecule has 0 unspecified atom stereocenters. The second-order valence-corrected chi connectivity index (χ2v) is 22.4. The summed E-state index contributed by atoms with van der Waals surface area (Å²) in [5.74, 6) is -13.4. The molecule has 1 aliphatic rings. The zero-order chi connectivity index (χ0) is 60.3. The predicted octanol–water partition coefficient (Wildman–Crippen LogP) is 0.0962. The van der Waals surface area contributed by atoms with Crippen molar-refractivity contribution in [2.45, 2.75) is 233 Å². The number of aliphatic hydroxyl groups is 3. The molecule has 1 fully saturated rings. The van der Waals surface area contributed by atoms with Crippen molar-refractivity contribution in [2.24, 2.45) is 29.6 Å². The molecule has 452 valence electrons. The van der Waals surface area contributed by atoms with E-state index in [0.717, 1.165) is 25.7 Å². The van der Waals surface area contributed by atoms with Gasteiger partial charge in [-0.25, -0.2) is 4.79 Å². The number of rotatable bonds is 27. The van der Waals surface area contributed by atoms with Crippen LogP contribution in [-0.2, 0) is 57.5 Å². The number of nitrogens with one attached hydrogen (secondary N) is 9. The van der Waals surface area contributed by atoms with Crippen molar-refractivity contribution in [3.05, 3.63) is 0 Å². The van der Waals surface area contributed by atoms with Gasteiger partial charge in [0.05, 0.1) is 25.7 Å². The number of amides is 9. The van der Waals surface area contributed by atoms with Crippen LogP contribution >= 0.6 is 0 Å². The molecule has 0 aromatic heterocycles. The van der Waals surface area contributed by atoms with Gasteiger partial charge in [-0.2, -0.15) is 0 Å². The van der Waals surface area contributed by atoms with Gasteiger partial charge in [0.1, 0.15) is 60.5 Å². The number of hydrogen-bond donors (Lipinski definition) is 13. The van der Waals surface area contributed by atoms with E-state index in [1.165, 1.54) is 6.92 Å². The number of unbranched alkanes of at least 4 members (excludes halogenated alkanes) is 4. The van der Waals surface area contributed by atoms with Crippen molar-refractivity contribution >= 4 is 65.1 Å². The highest BCUT2D eigenvalue weighted by atomic mass is 16.5. The number of hydrogen-bond acceptors (Lipinski definition) is 15. The van der Waals surface area contributed by atoms with Crippen LogP contribution in [0.15, 0.2) is 0 Å². The van der Waals surface area contributed by atoms with Crippen LogP contribution in [0, 0.1) is 29.6 Å². The molecule has 25 nitrogen and oxygen atoms in total. The second kappa shape index (κ2) is 36.3. The number of esters is 1. The minimum absolute atomic E-state index is 0.0100. The number of carboxylic acid groups (broad SMARTS) is 1. The van der Waals surface area contributed by atoms with Gasteiger partial charge in [-0.05, 0) is 68.6 Å². The molecule has 0 aromatic rings. The van der Waals surface area contributed by atoms with Gasteiger partial charge in [-0.15, -0.1) is 0 Å². The van der Waals surface area contributed by atoms with Crippen LogP contribution in [0.5, 0.6) is 0 Å². The number of carbonyl (C=O) groups excluding carboxylic acids is 10. The van der Waals surface area contributed by atoms with E-state index in [-0.39, 0.29) is 49.9 Å². The van der Waals surface area contributed by atoms with Crippen molar-refractivity contribution < 1.29 is 77.9 Å². The molecule has 1 rings (SSSR count). The average molecular weight is 1130 g/mol. The quantitative estimate of drug-likeness (QED) is 0.0383. The third kappa shape index (κ3) is 26.3. The average Bonchev–Trinajstić information content (AvgIpc) is 3.36. The van der Waals surface area contributed by atoms with Crippen molar-refractivity contribution in [2.75, 3.05) is 13.2 Å². The fourth-order valence-corrected chi connectivity index (χ4v) is 8.61. The zero-order valence-electron chi connectivity index (χ0n) is 48.5. The SMILES string of the molecule is CCCCCCC[C@H](O)CC(=O)N[C@@H](CC(C)C)C(=O)N[C@H](CCC(=O)O)C(=O)N[C@H]1C(=O)N[C@H](C(C)C)C(=O)N[C@H](CC(C)C)C(=O)N[C@H](CO)C(=O)N[C@@H](CC(C)C)C(=O)N[C@H](CO)C(=O)N[C@@H]([C@H](C)CC)C(=O)O[C@H]1C. The first-order valence-electron chi connectivity index (χ1n) is 28.0. The largest absolute Gasteiger partial charge is 0.481 e. The van der Waals surface area contributed by atoms with Crippen LogP contribution in [0.1, 0.15) is 167 Å².